The zero-order valence-corrected chi connectivity index (χ0v) is 15.3. The number of nitrogens with one attached hydrogen (secondary N) is 1. The average molecular weight is 366 g/mol. The number of sulfonamides is 1. The fourth-order valence-corrected chi connectivity index (χ4v) is 4.22. The van der Waals surface area contributed by atoms with Gasteiger partial charge in [0, 0.05) is 31.7 Å². The molecule has 3 rings (SSSR count). The van der Waals surface area contributed by atoms with Crippen LogP contribution in [0.5, 0.6) is 0 Å². The number of hydrogen-bond donors (Lipinski definition) is 2. The van der Waals surface area contributed by atoms with Gasteiger partial charge in [-0.15, -0.1) is 0 Å². The molecule has 2 heterocycles. The predicted octanol–water partition coefficient (Wildman–Crippen LogP) is 0.119. The molecular formula is C17H26N4O3S. The first kappa shape index (κ1) is 18.3. The highest BCUT2D eigenvalue weighted by molar-refractivity contribution is 7.89. The fraction of sp³-hybridized carbons (Fsp3) is 0.588. The van der Waals surface area contributed by atoms with Gasteiger partial charge in [0.2, 0.25) is 15.9 Å². The van der Waals surface area contributed by atoms with Crippen molar-refractivity contribution in [1.82, 2.24) is 15.1 Å². The maximum absolute atomic E-state index is 12.3. The molecule has 2 saturated heterocycles. The first-order valence-corrected chi connectivity index (χ1v) is 10.2. The van der Waals surface area contributed by atoms with Crippen LogP contribution in [-0.4, -0.2) is 62.4 Å². The van der Waals surface area contributed by atoms with Crippen molar-refractivity contribution in [2.75, 3.05) is 26.2 Å². The molecular weight excluding hydrogens is 340 g/mol. The number of rotatable bonds is 5. The van der Waals surface area contributed by atoms with Crippen LogP contribution < -0.4 is 10.5 Å². The van der Waals surface area contributed by atoms with E-state index in [4.69, 9.17) is 5.14 Å². The molecule has 2 aliphatic rings. The van der Waals surface area contributed by atoms with Gasteiger partial charge < -0.3 is 5.32 Å². The topological polar surface area (TPSA) is 95.7 Å². The molecule has 7 nitrogen and oxygen atoms in total. The van der Waals surface area contributed by atoms with Gasteiger partial charge in [-0.25, -0.2) is 13.6 Å². The third kappa shape index (κ3) is 4.58. The Hall–Kier alpha value is -1.48. The normalized spacial score (nSPS) is 24.9. The third-order valence-corrected chi connectivity index (χ3v) is 6.08. The van der Waals surface area contributed by atoms with Crippen LogP contribution in [0.4, 0.5) is 0 Å². The van der Waals surface area contributed by atoms with Crippen LogP contribution in [0.25, 0.3) is 0 Å². The zero-order valence-electron chi connectivity index (χ0n) is 14.5. The molecule has 0 unspecified atom stereocenters. The minimum absolute atomic E-state index is 0.00572. The van der Waals surface area contributed by atoms with Crippen molar-refractivity contribution < 1.29 is 13.2 Å². The summed E-state index contributed by atoms with van der Waals surface area (Å²) in [7, 11) is -3.68. The quantitative estimate of drug-likeness (QED) is 0.772. The lowest BCUT2D eigenvalue weighted by molar-refractivity contribution is -0.123. The molecule has 2 atom stereocenters. The summed E-state index contributed by atoms with van der Waals surface area (Å²) in [6.45, 7) is 6.13. The number of amides is 1. The molecule has 2 fully saturated rings. The summed E-state index contributed by atoms with van der Waals surface area (Å²) in [6.07, 6.45) is 2.48. The number of piperazine rings is 1. The number of fused-ring (bicyclic) bond motifs is 1. The SMILES string of the molecule is C[C@H]1CN2CCC[C@@H]2CN1CC(=O)NCc1ccc(S(N)(=O)=O)cc1. The molecule has 1 aromatic rings. The van der Waals surface area contributed by atoms with Gasteiger partial charge in [-0.3, -0.25) is 14.6 Å². The Balaban J connectivity index is 1.49. The molecule has 0 aliphatic carbocycles. The molecule has 25 heavy (non-hydrogen) atoms. The second-order valence-electron chi connectivity index (χ2n) is 7.04. The van der Waals surface area contributed by atoms with Crippen LogP contribution in [0, 0.1) is 0 Å². The maximum atomic E-state index is 12.3. The first-order chi connectivity index (χ1) is 11.8. The van der Waals surface area contributed by atoms with Gasteiger partial charge in [-0.05, 0) is 44.0 Å². The maximum Gasteiger partial charge on any atom is 0.238 e. The predicted molar refractivity (Wildman–Crippen MR) is 95.3 cm³/mol. The van der Waals surface area contributed by atoms with Crippen LogP contribution in [-0.2, 0) is 21.4 Å². The smallest absolute Gasteiger partial charge is 0.238 e. The Morgan fingerprint density at radius 2 is 2.00 bits per heavy atom. The Bertz CT molecular complexity index is 720. The molecule has 0 radical (unpaired) electrons. The fourth-order valence-electron chi connectivity index (χ4n) is 3.71. The first-order valence-electron chi connectivity index (χ1n) is 8.69. The van der Waals surface area contributed by atoms with E-state index in [1.54, 1.807) is 12.1 Å². The number of primary sulfonamides is 1. The molecule has 3 N–H and O–H groups in total. The number of benzene rings is 1. The van der Waals surface area contributed by atoms with Crippen molar-refractivity contribution in [3.63, 3.8) is 0 Å². The lowest BCUT2D eigenvalue weighted by atomic mass is 10.1. The van der Waals surface area contributed by atoms with Gasteiger partial charge in [0.15, 0.2) is 0 Å². The summed E-state index contributed by atoms with van der Waals surface area (Å²) in [5, 5.41) is 7.99. The van der Waals surface area contributed by atoms with E-state index in [-0.39, 0.29) is 10.8 Å². The minimum atomic E-state index is -3.68. The van der Waals surface area contributed by atoms with Crippen LogP contribution >= 0.6 is 0 Å². The van der Waals surface area contributed by atoms with Crippen molar-refractivity contribution in [2.45, 2.75) is 43.3 Å². The van der Waals surface area contributed by atoms with Crippen LogP contribution in [0.1, 0.15) is 25.3 Å². The van der Waals surface area contributed by atoms with Gasteiger partial charge in [-0.1, -0.05) is 12.1 Å². The standard InChI is InChI=1S/C17H26N4O3S/c1-13-10-20-8-2-3-15(20)11-21(13)12-17(22)19-9-14-4-6-16(7-5-14)25(18,23)24/h4-7,13,15H,2-3,8-12H2,1H3,(H,19,22)(H2,18,23,24)/t13-,15+/m0/s1. The largest absolute Gasteiger partial charge is 0.351 e. The van der Waals surface area contributed by atoms with Crippen molar-refractivity contribution in [3.05, 3.63) is 29.8 Å². The Morgan fingerprint density at radius 3 is 2.68 bits per heavy atom. The molecule has 1 aromatic carbocycles. The third-order valence-electron chi connectivity index (χ3n) is 5.15. The monoisotopic (exact) mass is 366 g/mol. The van der Waals surface area contributed by atoms with Crippen molar-refractivity contribution >= 4 is 15.9 Å². The van der Waals surface area contributed by atoms with Gasteiger partial charge >= 0.3 is 0 Å². The van der Waals surface area contributed by atoms with E-state index in [1.807, 2.05) is 0 Å². The molecule has 2 aliphatic heterocycles. The van der Waals surface area contributed by atoms with Gasteiger partial charge in [0.05, 0.1) is 11.4 Å². The highest BCUT2D eigenvalue weighted by Gasteiger charge is 2.34. The summed E-state index contributed by atoms with van der Waals surface area (Å²) >= 11 is 0. The number of nitrogens with zero attached hydrogens (tertiary/aromatic N) is 2. The molecule has 8 heteroatoms. The molecule has 138 valence electrons. The summed E-state index contributed by atoms with van der Waals surface area (Å²) in [5.74, 6) is -0.00572. The molecule has 0 spiro atoms. The van der Waals surface area contributed by atoms with Gasteiger partial charge in [0.25, 0.3) is 0 Å². The van der Waals surface area contributed by atoms with Gasteiger partial charge in [-0.2, -0.15) is 0 Å². The van der Waals surface area contributed by atoms with E-state index >= 15 is 0 Å². The summed E-state index contributed by atoms with van der Waals surface area (Å²) in [6, 6.07) is 7.22. The highest BCUT2D eigenvalue weighted by atomic mass is 32.2. The van der Waals surface area contributed by atoms with Crippen molar-refractivity contribution in [3.8, 4) is 0 Å². The second-order valence-corrected chi connectivity index (χ2v) is 8.60. The highest BCUT2D eigenvalue weighted by Crippen LogP contribution is 2.24. The Labute approximate surface area is 149 Å². The Morgan fingerprint density at radius 1 is 1.28 bits per heavy atom. The van der Waals surface area contributed by atoms with E-state index in [0.717, 1.165) is 18.7 Å². The van der Waals surface area contributed by atoms with Gasteiger partial charge in [0.1, 0.15) is 0 Å². The summed E-state index contributed by atoms with van der Waals surface area (Å²) < 4.78 is 22.5. The second kappa shape index (κ2) is 7.41. The van der Waals surface area contributed by atoms with E-state index in [1.165, 1.54) is 31.5 Å². The van der Waals surface area contributed by atoms with E-state index in [2.05, 4.69) is 22.0 Å². The lowest BCUT2D eigenvalue weighted by Crippen LogP contribution is -2.56. The van der Waals surface area contributed by atoms with Crippen LogP contribution in [0.3, 0.4) is 0 Å². The molecule has 0 aromatic heterocycles. The van der Waals surface area contributed by atoms with Crippen LogP contribution in [0.2, 0.25) is 0 Å². The number of carbonyl (C=O) groups excluding carboxylic acids is 1. The van der Waals surface area contributed by atoms with E-state index in [0.29, 0.717) is 25.2 Å². The minimum Gasteiger partial charge on any atom is -0.351 e. The zero-order chi connectivity index (χ0) is 18.0. The van der Waals surface area contributed by atoms with E-state index < -0.39 is 10.0 Å². The summed E-state index contributed by atoms with van der Waals surface area (Å²) in [4.78, 5) is 17.1. The van der Waals surface area contributed by atoms with Crippen molar-refractivity contribution in [2.24, 2.45) is 5.14 Å². The summed E-state index contributed by atoms with van der Waals surface area (Å²) in [5.41, 5.74) is 0.842. The number of hydrogen-bond acceptors (Lipinski definition) is 5. The number of nitrogens with two attached hydrogens (primary N) is 1. The van der Waals surface area contributed by atoms with Crippen molar-refractivity contribution in [1.29, 1.82) is 0 Å². The average Bonchev–Trinajstić information content (AvgIpc) is 3.00. The lowest BCUT2D eigenvalue weighted by Gasteiger charge is -2.41. The number of carbonyl (C=O) groups is 1. The van der Waals surface area contributed by atoms with Crippen LogP contribution in [0.15, 0.2) is 29.2 Å². The van der Waals surface area contributed by atoms with E-state index in [9.17, 15) is 13.2 Å². The molecule has 0 bridgehead atoms. The molecule has 0 saturated carbocycles. The molecule has 1 amide bonds. The Kier molecular flexibility index (Phi) is 5.43.